The molecule has 1 atom stereocenters. The van der Waals surface area contributed by atoms with Crippen LogP contribution in [0.1, 0.15) is 23.3 Å². The van der Waals surface area contributed by atoms with Gasteiger partial charge in [0.2, 0.25) is 0 Å². The van der Waals surface area contributed by atoms with Gasteiger partial charge in [-0.3, -0.25) is 9.48 Å². The Morgan fingerprint density at radius 3 is 2.92 bits per heavy atom. The summed E-state index contributed by atoms with van der Waals surface area (Å²) in [6, 6.07) is 9.64. The normalized spacial score (nSPS) is 17.6. The average Bonchev–Trinajstić information content (AvgIpc) is 3.34. The zero-order chi connectivity index (χ0) is 17.1. The van der Waals surface area contributed by atoms with Crippen LogP contribution in [0.3, 0.4) is 0 Å². The number of benzene rings is 1. The molecule has 0 unspecified atom stereocenters. The molecular weight excluding hydrogens is 318 g/mol. The molecule has 1 aromatic carbocycles. The second-order valence-corrected chi connectivity index (χ2v) is 6.27. The van der Waals surface area contributed by atoms with Gasteiger partial charge in [0.05, 0.1) is 6.20 Å². The quantitative estimate of drug-likeness (QED) is 0.781. The molecule has 8 nitrogen and oxygen atoms in total. The van der Waals surface area contributed by atoms with Crippen LogP contribution in [0.4, 0.5) is 0 Å². The molecule has 1 aliphatic heterocycles. The number of aromatic nitrogens is 6. The zero-order valence-electron chi connectivity index (χ0n) is 13.7. The van der Waals surface area contributed by atoms with E-state index in [0.29, 0.717) is 23.9 Å². The molecule has 0 aliphatic carbocycles. The van der Waals surface area contributed by atoms with Crippen molar-refractivity contribution in [1.29, 1.82) is 0 Å². The Bertz CT molecular complexity index is 828. The van der Waals surface area contributed by atoms with Gasteiger partial charge in [-0.1, -0.05) is 35.5 Å². The second-order valence-electron chi connectivity index (χ2n) is 6.27. The lowest BCUT2D eigenvalue weighted by molar-refractivity contribution is 0.0654. The van der Waals surface area contributed by atoms with E-state index in [0.717, 1.165) is 31.5 Å². The molecule has 0 bridgehead atoms. The van der Waals surface area contributed by atoms with E-state index >= 15 is 0 Å². The molecule has 1 saturated heterocycles. The number of aromatic amines is 1. The minimum absolute atomic E-state index is 0.0732. The van der Waals surface area contributed by atoms with Crippen molar-refractivity contribution >= 4 is 5.91 Å². The number of H-pyrrole nitrogens is 1. The van der Waals surface area contributed by atoms with Crippen LogP contribution in [-0.2, 0) is 6.54 Å². The summed E-state index contributed by atoms with van der Waals surface area (Å²) in [5, 5.41) is 18.7. The molecule has 3 aromatic rings. The summed E-state index contributed by atoms with van der Waals surface area (Å²) in [6.07, 6.45) is 5.58. The first kappa shape index (κ1) is 15.5. The summed E-state index contributed by atoms with van der Waals surface area (Å²) in [6.45, 7) is 2.21. The molecule has 0 radical (unpaired) electrons. The van der Waals surface area contributed by atoms with Gasteiger partial charge in [0.15, 0.2) is 5.69 Å². The van der Waals surface area contributed by atoms with Crippen molar-refractivity contribution in [2.45, 2.75) is 19.4 Å². The Kier molecular flexibility index (Phi) is 4.24. The van der Waals surface area contributed by atoms with E-state index in [1.54, 1.807) is 6.20 Å². The molecule has 1 N–H and O–H groups in total. The van der Waals surface area contributed by atoms with Crippen molar-refractivity contribution in [3.05, 3.63) is 48.4 Å². The van der Waals surface area contributed by atoms with Crippen molar-refractivity contribution in [3.63, 3.8) is 0 Å². The van der Waals surface area contributed by atoms with Crippen molar-refractivity contribution in [2.75, 3.05) is 13.1 Å². The molecule has 0 saturated carbocycles. The number of hydrogen-bond donors (Lipinski definition) is 1. The van der Waals surface area contributed by atoms with Gasteiger partial charge < -0.3 is 4.90 Å². The van der Waals surface area contributed by atoms with Crippen molar-refractivity contribution < 1.29 is 4.79 Å². The molecule has 128 valence electrons. The van der Waals surface area contributed by atoms with Gasteiger partial charge in [-0.25, -0.2) is 0 Å². The standard InChI is InChI=1S/C17H19N7O/c25-17(16-15(19-21-20-16)14-6-2-1-3-7-14)23-9-4-5-13(11-23)12-24-10-8-18-22-24/h1-3,6-8,10,13H,4-5,9,11-12H2,(H,19,20,21)/t13-/m1/s1. The maximum atomic E-state index is 13.0. The van der Waals surface area contributed by atoms with Gasteiger partial charge in [0.1, 0.15) is 5.69 Å². The number of carbonyl (C=O) groups is 1. The van der Waals surface area contributed by atoms with Gasteiger partial charge in [-0.05, 0) is 18.8 Å². The molecule has 1 aliphatic rings. The third-order valence-corrected chi connectivity index (χ3v) is 4.52. The van der Waals surface area contributed by atoms with Crippen molar-refractivity contribution in [3.8, 4) is 11.3 Å². The summed E-state index contributed by atoms with van der Waals surface area (Å²) in [4.78, 5) is 14.8. The van der Waals surface area contributed by atoms with E-state index in [4.69, 9.17) is 0 Å². The van der Waals surface area contributed by atoms with E-state index < -0.39 is 0 Å². The Morgan fingerprint density at radius 2 is 2.12 bits per heavy atom. The molecule has 1 amide bonds. The predicted molar refractivity (Wildman–Crippen MR) is 90.5 cm³/mol. The summed E-state index contributed by atoms with van der Waals surface area (Å²) in [5.41, 5.74) is 1.87. The highest BCUT2D eigenvalue weighted by atomic mass is 16.2. The van der Waals surface area contributed by atoms with Crippen molar-refractivity contribution in [1.82, 2.24) is 35.3 Å². The van der Waals surface area contributed by atoms with Crippen molar-refractivity contribution in [2.24, 2.45) is 5.92 Å². The smallest absolute Gasteiger partial charge is 0.276 e. The third-order valence-electron chi connectivity index (χ3n) is 4.52. The second kappa shape index (κ2) is 6.84. The minimum atomic E-state index is -0.0732. The maximum absolute atomic E-state index is 13.0. The highest BCUT2D eigenvalue weighted by Crippen LogP contribution is 2.24. The number of likely N-dealkylation sites (tertiary alicyclic amines) is 1. The number of rotatable bonds is 4. The van der Waals surface area contributed by atoms with Gasteiger partial charge in [0, 0.05) is 31.4 Å². The largest absolute Gasteiger partial charge is 0.337 e. The van der Waals surface area contributed by atoms with Crippen LogP contribution in [0, 0.1) is 5.92 Å². The number of hydrogen-bond acceptors (Lipinski definition) is 5. The van der Waals surface area contributed by atoms with E-state index in [9.17, 15) is 4.79 Å². The van der Waals surface area contributed by atoms with E-state index in [1.807, 2.05) is 46.1 Å². The van der Waals surface area contributed by atoms with Crippen LogP contribution < -0.4 is 0 Å². The van der Waals surface area contributed by atoms with E-state index in [1.165, 1.54) is 0 Å². The van der Waals surface area contributed by atoms with Crippen LogP contribution in [-0.4, -0.2) is 54.3 Å². The molecular formula is C17H19N7O. The lowest BCUT2D eigenvalue weighted by atomic mass is 9.97. The predicted octanol–water partition coefficient (Wildman–Crippen LogP) is 1.62. The molecule has 4 rings (SSSR count). The fraction of sp³-hybridized carbons (Fsp3) is 0.353. The number of amides is 1. The first-order chi connectivity index (χ1) is 12.3. The van der Waals surface area contributed by atoms with Gasteiger partial charge in [0.25, 0.3) is 5.91 Å². The first-order valence-corrected chi connectivity index (χ1v) is 8.41. The Hall–Kier alpha value is -3.03. The number of carbonyl (C=O) groups excluding carboxylic acids is 1. The summed E-state index contributed by atoms with van der Waals surface area (Å²) >= 11 is 0. The van der Waals surface area contributed by atoms with Crippen LogP contribution in [0.5, 0.6) is 0 Å². The van der Waals surface area contributed by atoms with Crippen LogP contribution in [0.2, 0.25) is 0 Å². The fourth-order valence-corrected chi connectivity index (χ4v) is 3.32. The Labute approximate surface area is 144 Å². The molecule has 3 heterocycles. The lowest BCUT2D eigenvalue weighted by Gasteiger charge is -2.32. The summed E-state index contributed by atoms with van der Waals surface area (Å²) < 4.78 is 1.82. The Balaban J connectivity index is 1.50. The number of piperidine rings is 1. The maximum Gasteiger partial charge on any atom is 0.276 e. The molecule has 25 heavy (non-hydrogen) atoms. The van der Waals surface area contributed by atoms with Gasteiger partial charge in [-0.15, -0.1) is 5.10 Å². The Morgan fingerprint density at radius 1 is 1.24 bits per heavy atom. The molecule has 1 fully saturated rings. The molecule has 2 aromatic heterocycles. The first-order valence-electron chi connectivity index (χ1n) is 8.41. The van der Waals surface area contributed by atoms with E-state index in [-0.39, 0.29) is 5.91 Å². The van der Waals surface area contributed by atoms with Gasteiger partial charge >= 0.3 is 0 Å². The third kappa shape index (κ3) is 3.28. The minimum Gasteiger partial charge on any atom is -0.337 e. The van der Waals surface area contributed by atoms with Gasteiger partial charge in [-0.2, -0.15) is 15.4 Å². The van der Waals surface area contributed by atoms with Crippen LogP contribution in [0.15, 0.2) is 42.7 Å². The average molecular weight is 337 g/mol. The highest BCUT2D eigenvalue weighted by molar-refractivity contribution is 5.97. The SMILES string of the molecule is O=C(c1n[nH]nc1-c1ccccc1)N1CCC[C@@H](Cn2ccnn2)C1. The summed E-state index contributed by atoms with van der Waals surface area (Å²) in [7, 11) is 0. The highest BCUT2D eigenvalue weighted by Gasteiger charge is 2.28. The number of nitrogens with one attached hydrogen (secondary N) is 1. The number of nitrogens with zero attached hydrogens (tertiary/aromatic N) is 6. The molecule has 0 spiro atoms. The topological polar surface area (TPSA) is 92.6 Å². The molecule has 8 heteroatoms. The zero-order valence-corrected chi connectivity index (χ0v) is 13.7. The lowest BCUT2D eigenvalue weighted by Crippen LogP contribution is -2.41. The van der Waals surface area contributed by atoms with E-state index in [2.05, 4.69) is 25.7 Å². The summed E-state index contributed by atoms with van der Waals surface area (Å²) in [5.74, 6) is 0.294. The monoisotopic (exact) mass is 337 g/mol. The fourth-order valence-electron chi connectivity index (χ4n) is 3.32. The van der Waals surface area contributed by atoms with Crippen LogP contribution in [0.25, 0.3) is 11.3 Å². The van der Waals surface area contributed by atoms with Crippen LogP contribution >= 0.6 is 0 Å².